The molecule has 1 fully saturated rings. The summed E-state index contributed by atoms with van der Waals surface area (Å²) in [5, 5.41) is 12.8. The van der Waals surface area contributed by atoms with Crippen molar-refractivity contribution < 1.29 is 19.1 Å². The van der Waals surface area contributed by atoms with Crippen LogP contribution in [0.4, 0.5) is 10.1 Å². The second kappa shape index (κ2) is 10.7. The molecule has 1 saturated carbocycles. The lowest BCUT2D eigenvalue weighted by molar-refractivity contribution is -0.123. The highest BCUT2D eigenvalue weighted by atomic mass is 35.5. The highest BCUT2D eigenvalue weighted by molar-refractivity contribution is 7.11. The molecule has 1 aromatic heterocycles. The van der Waals surface area contributed by atoms with Gasteiger partial charge < -0.3 is 10.4 Å². The normalized spacial score (nSPS) is 15.0. The number of carbonyl (C=O) groups is 2. The summed E-state index contributed by atoms with van der Waals surface area (Å²) in [4.78, 5) is 28.7. The van der Waals surface area contributed by atoms with Gasteiger partial charge in [0.1, 0.15) is 27.0 Å². The van der Waals surface area contributed by atoms with Crippen LogP contribution in [0.15, 0.2) is 48.5 Å². The van der Waals surface area contributed by atoms with Crippen LogP contribution in [-0.2, 0) is 4.79 Å². The molecule has 2 N–H and O–H groups in total. The average Bonchev–Trinajstić information content (AvgIpc) is 3.17. The minimum atomic E-state index is -1.13. The van der Waals surface area contributed by atoms with E-state index in [2.05, 4.69) is 9.69 Å². The molecule has 1 aliphatic carbocycles. The van der Waals surface area contributed by atoms with Gasteiger partial charge in [0.25, 0.3) is 5.91 Å². The van der Waals surface area contributed by atoms with Gasteiger partial charge in [0.2, 0.25) is 5.91 Å². The van der Waals surface area contributed by atoms with E-state index < -0.39 is 23.7 Å². The Balaban J connectivity index is 1.81. The Labute approximate surface area is 210 Å². The van der Waals surface area contributed by atoms with Gasteiger partial charge >= 0.3 is 0 Å². The van der Waals surface area contributed by atoms with E-state index in [1.54, 1.807) is 12.1 Å². The number of aromatic nitrogens is 1. The quantitative estimate of drug-likeness (QED) is 0.408. The summed E-state index contributed by atoms with van der Waals surface area (Å²) in [7, 11) is 0. The molecule has 4 rings (SSSR count). The molecule has 178 valence electrons. The van der Waals surface area contributed by atoms with Crippen molar-refractivity contribution in [3.63, 3.8) is 0 Å². The van der Waals surface area contributed by atoms with E-state index in [1.165, 1.54) is 41.3 Å². The first-order valence-electron chi connectivity index (χ1n) is 10.8. The number of hydrogen-bond acceptors (Lipinski definition) is 5. The van der Waals surface area contributed by atoms with E-state index in [9.17, 15) is 19.1 Å². The molecular weight excluding hydrogens is 500 g/mol. The van der Waals surface area contributed by atoms with Gasteiger partial charge in [-0.25, -0.2) is 4.39 Å². The van der Waals surface area contributed by atoms with Crippen molar-refractivity contribution in [2.45, 2.75) is 44.2 Å². The van der Waals surface area contributed by atoms with Crippen molar-refractivity contribution in [1.29, 1.82) is 0 Å². The third-order valence-electron chi connectivity index (χ3n) is 5.79. The SMILES string of the molecule is O=C(NC1CCCCC1)[C@@H](c1ccc(O)cc1)N(C(=O)c1nsc(Cl)c1Cl)c1ccc(F)cc1. The number of rotatable bonds is 6. The number of carbonyl (C=O) groups excluding carboxylic acids is 2. The van der Waals surface area contributed by atoms with E-state index in [4.69, 9.17) is 23.2 Å². The number of halogens is 3. The van der Waals surface area contributed by atoms with Crippen molar-refractivity contribution in [1.82, 2.24) is 9.69 Å². The Morgan fingerprint density at radius 2 is 1.71 bits per heavy atom. The molecule has 0 radical (unpaired) electrons. The highest BCUT2D eigenvalue weighted by Gasteiger charge is 2.36. The maximum absolute atomic E-state index is 13.7. The number of nitrogens with zero attached hydrogens (tertiary/aromatic N) is 2. The van der Waals surface area contributed by atoms with E-state index in [0.29, 0.717) is 5.56 Å². The lowest BCUT2D eigenvalue weighted by Crippen LogP contribution is -2.47. The Kier molecular flexibility index (Phi) is 7.70. The van der Waals surface area contributed by atoms with E-state index in [1.807, 2.05) is 0 Å². The number of benzene rings is 2. The molecule has 0 saturated heterocycles. The molecule has 1 aliphatic rings. The second-order valence-corrected chi connectivity index (χ2v) is 9.86. The van der Waals surface area contributed by atoms with Gasteiger partial charge in [-0.2, -0.15) is 4.37 Å². The molecule has 3 aromatic rings. The molecule has 0 spiro atoms. The number of hydrogen-bond donors (Lipinski definition) is 2. The van der Waals surface area contributed by atoms with Crippen LogP contribution in [0.25, 0.3) is 0 Å². The molecule has 1 atom stereocenters. The molecule has 0 bridgehead atoms. The first-order valence-corrected chi connectivity index (χ1v) is 12.4. The molecule has 10 heteroatoms. The summed E-state index contributed by atoms with van der Waals surface area (Å²) in [5.41, 5.74) is 0.639. The fourth-order valence-corrected chi connectivity index (χ4v) is 5.08. The van der Waals surface area contributed by atoms with Gasteiger partial charge in [-0.1, -0.05) is 54.6 Å². The van der Waals surface area contributed by atoms with Crippen LogP contribution in [0.1, 0.15) is 54.2 Å². The standard InChI is InChI=1S/C24H22Cl2FN3O3S/c25-19-20(29-34-22(19)26)24(33)30(17-10-8-15(27)9-11-17)21(14-6-12-18(31)13-7-14)23(32)28-16-4-2-1-3-5-16/h6-13,16,21,31H,1-5H2,(H,28,32)/t21-/m1/s1. The first kappa shape index (κ1) is 24.4. The molecule has 6 nitrogen and oxygen atoms in total. The van der Waals surface area contributed by atoms with Crippen LogP contribution in [0.5, 0.6) is 5.75 Å². The smallest absolute Gasteiger partial charge is 0.280 e. The zero-order valence-corrected chi connectivity index (χ0v) is 20.3. The highest BCUT2D eigenvalue weighted by Crippen LogP contribution is 2.35. The number of nitrogens with one attached hydrogen (secondary N) is 1. The molecule has 2 amide bonds. The number of anilines is 1. The zero-order chi connectivity index (χ0) is 24.2. The van der Waals surface area contributed by atoms with Crippen molar-refractivity contribution in [2.75, 3.05) is 4.90 Å². The number of phenols is 1. The minimum absolute atomic E-state index is 0.0108. The summed E-state index contributed by atoms with van der Waals surface area (Å²) in [6, 6.07) is 10.1. The van der Waals surface area contributed by atoms with Gasteiger partial charge in [0, 0.05) is 11.7 Å². The van der Waals surface area contributed by atoms with Gasteiger partial charge in [-0.05, 0) is 66.3 Å². The second-order valence-electron chi connectivity index (χ2n) is 8.11. The Hall–Kier alpha value is -2.68. The third-order valence-corrected chi connectivity index (χ3v) is 7.40. The first-order chi connectivity index (χ1) is 16.3. The zero-order valence-electron chi connectivity index (χ0n) is 18.0. The molecule has 0 aliphatic heterocycles. The predicted octanol–water partition coefficient (Wildman–Crippen LogP) is 6.13. The van der Waals surface area contributed by atoms with E-state index in [-0.39, 0.29) is 32.5 Å². The van der Waals surface area contributed by atoms with Crippen molar-refractivity contribution in [3.05, 3.63) is 75.0 Å². The molecular formula is C24H22Cl2FN3O3S. The largest absolute Gasteiger partial charge is 0.508 e. The van der Waals surface area contributed by atoms with Crippen molar-refractivity contribution in [3.8, 4) is 5.75 Å². The predicted molar refractivity (Wildman–Crippen MR) is 131 cm³/mol. The Morgan fingerprint density at radius 1 is 1.06 bits per heavy atom. The summed E-state index contributed by atoms with van der Waals surface area (Å²) < 4.78 is 18.0. The van der Waals surface area contributed by atoms with Gasteiger partial charge in [-0.3, -0.25) is 14.5 Å². The molecule has 2 aromatic carbocycles. The lowest BCUT2D eigenvalue weighted by atomic mass is 9.94. The molecule has 0 unspecified atom stereocenters. The van der Waals surface area contributed by atoms with Crippen LogP contribution in [0.2, 0.25) is 9.36 Å². The van der Waals surface area contributed by atoms with E-state index >= 15 is 0 Å². The Morgan fingerprint density at radius 3 is 2.29 bits per heavy atom. The fourth-order valence-electron chi connectivity index (χ4n) is 4.09. The Bertz CT molecular complexity index is 1170. The van der Waals surface area contributed by atoms with Crippen LogP contribution < -0.4 is 10.2 Å². The summed E-state index contributed by atoms with van der Waals surface area (Å²) in [6.07, 6.45) is 4.86. The molecule has 34 heavy (non-hydrogen) atoms. The maximum atomic E-state index is 13.7. The minimum Gasteiger partial charge on any atom is -0.508 e. The van der Waals surface area contributed by atoms with Crippen LogP contribution in [0, 0.1) is 5.82 Å². The molecule has 1 heterocycles. The van der Waals surface area contributed by atoms with Gasteiger partial charge in [-0.15, -0.1) is 0 Å². The van der Waals surface area contributed by atoms with Gasteiger partial charge in [0.05, 0.1) is 0 Å². The van der Waals surface area contributed by atoms with Crippen LogP contribution >= 0.6 is 34.7 Å². The lowest BCUT2D eigenvalue weighted by Gasteiger charge is -2.33. The third kappa shape index (κ3) is 5.35. The topological polar surface area (TPSA) is 82.5 Å². The van der Waals surface area contributed by atoms with E-state index in [0.717, 1.165) is 43.6 Å². The average molecular weight is 522 g/mol. The monoisotopic (exact) mass is 521 g/mol. The number of amides is 2. The number of aromatic hydroxyl groups is 1. The van der Waals surface area contributed by atoms with Crippen molar-refractivity contribution in [2.24, 2.45) is 0 Å². The maximum Gasteiger partial charge on any atom is 0.280 e. The summed E-state index contributed by atoms with van der Waals surface area (Å²) in [6.45, 7) is 0. The van der Waals surface area contributed by atoms with Crippen LogP contribution in [-0.4, -0.2) is 27.3 Å². The number of phenolic OH excluding ortho intramolecular Hbond substituents is 1. The van der Waals surface area contributed by atoms with Crippen LogP contribution in [0.3, 0.4) is 0 Å². The summed E-state index contributed by atoms with van der Waals surface area (Å²) >= 11 is 13.2. The summed E-state index contributed by atoms with van der Waals surface area (Å²) in [5.74, 6) is -1.52. The fraction of sp³-hybridized carbons (Fsp3) is 0.292. The van der Waals surface area contributed by atoms with Gasteiger partial charge in [0.15, 0.2) is 5.69 Å². The van der Waals surface area contributed by atoms with Crippen molar-refractivity contribution >= 4 is 52.2 Å².